The average molecular weight is 612 g/mol. The first kappa shape index (κ1) is 30.9. The lowest BCUT2D eigenvalue weighted by Crippen LogP contribution is -2.60. The Hall–Kier alpha value is -3.55. The van der Waals surface area contributed by atoms with E-state index in [2.05, 4.69) is 0 Å². The average Bonchev–Trinajstić information content (AvgIpc) is 2.98. The summed E-state index contributed by atoms with van der Waals surface area (Å²) in [5.74, 6) is -1.96. The van der Waals surface area contributed by atoms with E-state index in [0.29, 0.717) is 0 Å². The number of phenolic OH excluding ortho intramolecular Hbond substituents is 3. The zero-order chi connectivity index (χ0) is 31.2. The van der Waals surface area contributed by atoms with Crippen LogP contribution >= 0.6 is 0 Å². The van der Waals surface area contributed by atoms with Crippen LogP contribution in [0.15, 0.2) is 40.8 Å². The Labute approximate surface area is 242 Å². The van der Waals surface area contributed by atoms with Crippen molar-refractivity contribution in [2.24, 2.45) is 0 Å². The first-order valence-corrected chi connectivity index (χ1v) is 13.0. The molecule has 3 aromatic rings. The van der Waals surface area contributed by atoms with Gasteiger partial charge >= 0.3 is 11.3 Å². The van der Waals surface area contributed by atoms with Gasteiger partial charge in [-0.3, -0.25) is 0 Å². The van der Waals surface area contributed by atoms with E-state index in [1.165, 1.54) is 18.2 Å². The SMILES string of the molecule is OCC1O[C@@H](Oc2cc(O)cc3[o+]c(-c4ccc(O)c(O)c4)c(O[C@@H]4O[C@H](CO)[C@@H](O)[C@H](O)[C@H]4O)cc23)[C@H](O)[C@@H](O)[C@@H]1O. The van der Waals surface area contributed by atoms with Gasteiger partial charge in [0.25, 0.3) is 0 Å². The van der Waals surface area contributed by atoms with Gasteiger partial charge in [0.05, 0.1) is 24.8 Å². The summed E-state index contributed by atoms with van der Waals surface area (Å²) < 4.78 is 28.4. The number of ether oxygens (including phenoxy) is 4. The summed E-state index contributed by atoms with van der Waals surface area (Å²) in [6.45, 7) is -1.46. The van der Waals surface area contributed by atoms with E-state index in [9.17, 15) is 56.2 Å². The van der Waals surface area contributed by atoms with E-state index in [1.54, 1.807) is 0 Å². The van der Waals surface area contributed by atoms with Gasteiger partial charge in [-0.25, -0.2) is 4.42 Å². The number of hydrogen-bond donors (Lipinski definition) is 11. The standard InChI is InChI=1S/C27H30O16/c28-7-17-19(33)21(35)23(37)26(42-17)40-15-5-10(30)4-14-11(15)6-16(25(39-14)9-1-2-12(31)13(32)3-9)41-27-24(38)22(36)20(34)18(8-29)43-27/h1-6,17-24,26-29,33-38H,7-8H2,(H2-,30,31,32)/p+1/t17?,18-,19-,20-,21+,22+,23-,24-,26-,27-/m1/s1. The van der Waals surface area contributed by atoms with Crippen molar-refractivity contribution in [3.63, 3.8) is 0 Å². The Morgan fingerprint density at radius 2 is 1.19 bits per heavy atom. The smallest absolute Gasteiger partial charge is 0.402 e. The first-order chi connectivity index (χ1) is 20.4. The van der Waals surface area contributed by atoms with Crippen molar-refractivity contribution in [3.05, 3.63) is 36.4 Å². The fourth-order valence-corrected chi connectivity index (χ4v) is 4.80. The highest BCUT2D eigenvalue weighted by Crippen LogP contribution is 2.43. The Kier molecular flexibility index (Phi) is 8.77. The second-order valence-electron chi connectivity index (χ2n) is 10.1. The van der Waals surface area contributed by atoms with Crippen LogP contribution in [0.2, 0.25) is 0 Å². The Morgan fingerprint density at radius 3 is 1.72 bits per heavy atom. The molecular formula is C27H31O16+. The second kappa shape index (κ2) is 12.2. The Balaban J connectivity index is 1.61. The van der Waals surface area contributed by atoms with Crippen molar-refractivity contribution in [1.29, 1.82) is 0 Å². The van der Waals surface area contributed by atoms with E-state index in [-0.39, 0.29) is 33.8 Å². The summed E-state index contributed by atoms with van der Waals surface area (Å²) in [5.41, 5.74) is 0.0554. The maximum Gasteiger partial charge on any atom is 0.402 e. The van der Waals surface area contributed by atoms with E-state index < -0.39 is 91.9 Å². The maximum absolute atomic E-state index is 10.6. The molecule has 1 aromatic heterocycles. The van der Waals surface area contributed by atoms with E-state index in [1.807, 2.05) is 0 Å². The van der Waals surface area contributed by atoms with Crippen LogP contribution in [0.25, 0.3) is 22.3 Å². The maximum atomic E-state index is 10.6. The van der Waals surface area contributed by atoms with Gasteiger partial charge in [-0.05, 0) is 12.1 Å². The Morgan fingerprint density at radius 1 is 0.628 bits per heavy atom. The first-order valence-electron chi connectivity index (χ1n) is 13.0. The highest BCUT2D eigenvalue weighted by atomic mass is 16.7. The molecule has 16 nitrogen and oxygen atoms in total. The topological polar surface area (TPSA) is 271 Å². The zero-order valence-corrected chi connectivity index (χ0v) is 22.1. The molecule has 0 spiro atoms. The molecular weight excluding hydrogens is 580 g/mol. The van der Waals surface area contributed by atoms with Crippen molar-refractivity contribution in [2.45, 2.75) is 61.4 Å². The van der Waals surface area contributed by atoms with Crippen molar-refractivity contribution >= 4 is 11.0 Å². The summed E-state index contributed by atoms with van der Waals surface area (Å²) >= 11 is 0. The molecule has 2 aromatic carbocycles. The molecule has 0 radical (unpaired) electrons. The molecule has 2 aliphatic heterocycles. The largest absolute Gasteiger partial charge is 0.507 e. The van der Waals surface area contributed by atoms with Crippen LogP contribution in [0.1, 0.15) is 0 Å². The summed E-state index contributed by atoms with van der Waals surface area (Å²) in [5, 5.41) is 111. The lowest BCUT2D eigenvalue weighted by Gasteiger charge is -2.39. The fourth-order valence-electron chi connectivity index (χ4n) is 4.80. The quantitative estimate of drug-likeness (QED) is 0.100. The van der Waals surface area contributed by atoms with E-state index >= 15 is 0 Å². The van der Waals surface area contributed by atoms with Crippen LogP contribution in [-0.4, -0.2) is 131 Å². The van der Waals surface area contributed by atoms with E-state index in [0.717, 1.165) is 18.2 Å². The molecule has 11 N–H and O–H groups in total. The van der Waals surface area contributed by atoms with Crippen LogP contribution in [0.4, 0.5) is 0 Å². The number of hydrogen-bond acceptors (Lipinski definition) is 15. The lowest BCUT2D eigenvalue weighted by molar-refractivity contribution is -0.277. The summed E-state index contributed by atoms with van der Waals surface area (Å²) in [7, 11) is 0. The number of aliphatic hydroxyl groups excluding tert-OH is 8. The van der Waals surface area contributed by atoms with Gasteiger partial charge in [-0.2, -0.15) is 0 Å². The van der Waals surface area contributed by atoms with Crippen LogP contribution in [0.5, 0.6) is 28.7 Å². The van der Waals surface area contributed by atoms with Gasteiger partial charge in [0.1, 0.15) is 65.7 Å². The normalized spacial score (nSPS) is 32.9. The van der Waals surface area contributed by atoms with Gasteiger partial charge in [0.15, 0.2) is 11.5 Å². The number of aliphatic hydroxyl groups is 8. The fraction of sp³-hybridized carbons (Fsp3) is 0.444. The molecule has 3 heterocycles. The number of aromatic hydroxyl groups is 3. The predicted molar refractivity (Wildman–Crippen MR) is 140 cm³/mol. The van der Waals surface area contributed by atoms with Crippen LogP contribution in [-0.2, 0) is 9.47 Å². The molecule has 2 aliphatic rings. The molecule has 0 amide bonds. The van der Waals surface area contributed by atoms with Crippen molar-refractivity contribution < 1.29 is 79.5 Å². The predicted octanol–water partition coefficient (Wildman–Crippen LogP) is -2.14. The highest BCUT2D eigenvalue weighted by Gasteiger charge is 2.47. The molecule has 234 valence electrons. The molecule has 0 aliphatic carbocycles. The minimum absolute atomic E-state index is 0.0427. The third-order valence-electron chi connectivity index (χ3n) is 7.22. The number of phenols is 3. The van der Waals surface area contributed by atoms with Gasteiger partial charge in [0, 0.05) is 18.2 Å². The van der Waals surface area contributed by atoms with Gasteiger partial charge < -0.3 is 75.1 Å². The number of benzene rings is 2. The van der Waals surface area contributed by atoms with Crippen LogP contribution in [0.3, 0.4) is 0 Å². The molecule has 43 heavy (non-hydrogen) atoms. The monoisotopic (exact) mass is 611 g/mol. The number of rotatable bonds is 7. The third kappa shape index (κ3) is 5.85. The summed E-state index contributed by atoms with van der Waals surface area (Å²) in [6, 6.07) is 7.17. The molecule has 10 atom stereocenters. The third-order valence-corrected chi connectivity index (χ3v) is 7.22. The minimum atomic E-state index is -1.82. The molecule has 5 rings (SSSR count). The van der Waals surface area contributed by atoms with Crippen LogP contribution < -0.4 is 9.47 Å². The number of fused-ring (bicyclic) bond motifs is 1. The summed E-state index contributed by atoms with van der Waals surface area (Å²) in [6.07, 6.45) is -16.4. The lowest BCUT2D eigenvalue weighted by atomic mass is 9.99. The molecule has 0 saturated carbocycles. The minimum Gasteiger partial charge on any atom is -0.507 e. The second-order valence-corrected chi connectivity index (χ2v) is 10.1. The summed E-state index contributed by atoms with van der Waals surface area (Å²) in [4.78, 5) is 0. The highest BCUT2D eigenvalue weighted by molar-refractivity contribution is 5.89. The van der Waals surface area contributed by atoms with Crippen molar-refractivity contribution in [1.82, 2.24) is 0 Å². The molecule has 0 bridgehead atoms. The molecule has 2 saturated heterocycles. The zero-order valence-electron chi connectivity index (χ0n) is 22.1. The molecule has 2 fully saturated rings. The van der Waals surface area contributed by atoms with Crippen LogP contribution in [0, 0.1) is 0 Å². The van der Waals surface area contributed by atoms with Gasteiger partial charge in [-0.1, -0.05) is 0 Å². The van der Waals surface area contributed by atoms with Gasteiger partial charge in [0.2, 0.25) is 18.3 Å². The van der Waals surface area contributed by atoms with Crippen molar-refractivity contribution in [2.75, 3.05) is 13.2 Å². The van der Waals surface area contributed by atoms with Crippen molar-refractivity contribution in [3.8, 4) is 40.1 Å². The molecule has 16 heteroatoms. The van der Waals surface area contributed by atoms with E-state index in [4.69, 9.17) is 23.4 Å². The molecule has 1 unspecified atom stereocenters. The Bertz CT molecular complexity index is 1450. The van der Waals surface area contributed by atoms with Gasteiger partial charge in [-0.15, -0.1) is 0 Å².